The molecule has 19 heavy (non-hydrogen) atoms. The van der Waals surface area contributed by atoms with Crippen molar-refractivity contribution in [3.05, 3.63) is 30.6 Å². The van der Waals surface area contributed by atoms with Crippen LogP contribution in [0.2, 0.25) is 0 Å². The molecule has 0 bridgehead atoms. The Bertz CT molecular complexity index is 610. The maximum absolute atomic E-state index is 11.3. The molecule has 5 nitrogen and oxygen atoms in total. The van der Waals surface area contributed by atoms with Crippen molar-refractivity contribution in [2.45, 2.75) is 6.54 Å². The van der Waals surface area contributed by atoms with Crippen molar-refractivity contribution in [3.63, 3.8) is 0 Å². The van der Waals surface area contributed by atoms with Gasteiger partial charge in [0.2, 0.25) is 6.54 Å². The minimum Gasteiger partial charge on any atom is -0.493 e. The lowest BCUT2D eigenvalue weighted by molar-refractivity contribution is -0.684. The second kappa shape index (κ2) is 5.56. The zero-order chi connectivity index (χ0) is 13.8. The van der Waals surface area contributed by atoms with Crippen molar-refractivity contribution in [1.29, 1.82) is 0 Å². The molecule has 0 aliphatic heterocycles. The summed E-state index contributed by atoms with van der Waals surface area (Å²) in [6.07, 6.45) is 3.69. The summed E-state index contributed by atoms with van der Waals surface area (Å²) in [5.74, 6) is 1.05. The first-order valence-corrected chi connectivity index (χ1v) is 5.79. The molecule has 2 rings (SSSR count). The monoisotopic (exact) mass is 262 g/mol. The van der Waals surface area contributed by atoms with Gasteiger partial charge in [-0.2, -0.15) is 4.57 Å². The first kappa shape index (κ1) is 13.1. The average Bonchev–Trinajstić information content (AvgIpc) is 2.45. The SMILES string of the molecule is COC(=O)C[n+]1ccc2cc(OC)c(OC)cc2c1. The Balaban J connectivity index is 2.44. The van der Waals surface area contributed by atoms with E-state index in [0.29, 0.717) is 11.5 Å². The number of rotatable bonds is 4. The first-order valence-electron chi connectivity index (χ1n) is 5.79. The number of aromatic nitrogens is 1. The number of carbonyl (C=O) groups is 1. The molecular weight excluding hydrogens is 246 g/mol. The molecule has 0 amide bonds. The van der Waals surface area contributed by atoms with Crippen molar-refractivity contribution in [2.24, 2.45) is 0 Å². The Hall–Kier alpha value is -2.30. The zero-order valence-electron chi connectivity index (χ0n) is 11.2. The summed E-state index contributed by atoms with van der Waals surface area (Å²) in [5.41, 5.74) is 0. The maximum atomic E-state index is 11.3. The molecule has 0 saturated heterocycles. The number of esters is 1. The first-order chi connectivity index (χ1) is 9.17. The van der Waals surface area contributed by atoms with E-state index in [4.69, 9.17) is 9.47 Å². The third-order valence-corrected chi connectivity index (χ3v) is 2.88. The molecule has 0 saturated carbocycles. The smallest absolute Gasteiger partial charge is 0.372 e. The van der Waals surface area contributed by atoms with Gasteiger partial charge in [0, 0.05) is 11.5 Å². The molecule has 0 unspecified atom stereocenters. The van der Waals surface area contributed by atoms with Gasteiger partial charge in [-0.05, 0) is 17.5 Å². The highest BCUT2D eigenvalue weighted by Crippen LogP contribution is 2.31. The van der Waals surface area contributed by atoms with Crippen molar-refractivity contribution in [1.82, 2.24) is 0 Å². The van der Waals surface area contributed by atoms with Gasteiger partial charge in [0.15, 0.2) is 23.9 Å². The molecule has 2 aromatic rings. The Morgan fingerprint density at radius 2 is 1.74 bits per heavy atom. The van der Waals surface area contributed by atoms with Crippen LogP contribution in [0.4, 0.5) is 0 Å². The van der Waals surface area contributed by atoms with Crippen molar-refractivity contribution in [2.75, 3.05) is 21.3 Å². The van der Waals surface area contributed by atoms with E-state index < -0.39 is 0 Å². The Kier molecular flexibility index (Phi) is 3.85. The van der Waals surface area contributed by atoms with Crippen LogP contribution in [0.25, 0.3) is 10.8 Å². The number of carbonyl (C=O) groups excluding carboxylic acids is 1. The number of pyridine rings is 1. The van der Waals surface area contributed by atoms with Crippen molar-refractivity contribution in [3.8, 4) is 11.5 Å². The summed E-state index contributed by atoms with van der Waals surface area (Å²) in [6.45, 7) is 0.181. The van der Waals surface area contributed by atoms with Gasteiger partial charge in [0.25, 0.3) is 0 Å². The molecule has 0 aliphatic carbocycles. The fourth-order valence-corrected chi connectivity index (χ4v) is 1.88. The summed E-state index contributed by atoms with van der Waals surface area (Å²) in [5, 5.41) is 1.97. The van der Waals surface area contributed by atoms with E-state index in [1.165, 1.54) is 7.11 Å². The van der Waals surface area contributed by atoms with Gasteiger partial charge in [-0.15, -0.1) is 0 Å². The number of hydrogen-bond donors (Lipinski definition) is 0. The lowest BCUT2D eigenvalue weighted by atomic mass is 10.1. The van der Waals surface area contributed by atoms with Gasteiger partial charge in [-0.3, -0.25) is 0 Å². The van der Waals surface area contributed by atoms with Gasteiger partial charge >= 0.3 is 5.97 Å². The van der Waals surface area contributed by atoms with Gasteiger partial charge in [0.1, 0.15) is 0 Å². The molecule has 0 aliphatic rings. The maximum Gasteiger partial charge on any atom is 0.372 e. The van der Waals surface area contributed by atoms with Crippen molar-refractivity contribution >= 4 is 16.7 Å². The Morgan fingerprint density at radius 3 is 2.32 bits per heavy atom. The standard InChI is InChI=1S/C14H16NO4/c1-17-12-6-10-4-5-15(9-14(16)19-3)8-11(10)7-13(12)18-2/h4-8H,9H2,1-3H3/q+1. The van der Waals surface area contributed by atoms with Crippen LogP contribution in [-0.2, 0) is 16.1 Å². The largest absolute Gasteiger partial charge is 0.493 e. The summed E-state index contributed by atoms with van der Waals surface area (Å²) in [7, 11) is 4.57. The van der Waals surface area contributed by atoms with E-state index in [1.54, 1.807) is 18.8 Å². The Labute approximate surface area is 111 Å². The average molecular weight is 262 g/mol. The number of nitrogens with zero attached hydrogens (tertiary/aromatic N) is 1. The molecule has 0 spiro atoms. The highest BCUT2D eigenvalue weighted by molar-refractivity contribution is 5.84. The third kappa shape index (κ3) is 2.76. The minimum absolute atomic E-state index is 0.181. The fraction of sp³-hybridized carbons (Fsp3) is 0.286. The van der Waals surface area contributed by atoms with E-state index in [1.807, 2.05) is 30.6 Å². The summed E-state index contributed by atoms with van der Waals surface area (Å²) in [4.78, 5) is 11.3. The van der Waals surface area contributed by atoms with Crippen LogP contribution in [0.5, 0.6) is 11.5 Å². The Morgan fingerprint density at radius 1 is 1.11 bits per heavy atom. The van der Waals surface area contributed by atoms with Crippen LogP contribution in [0.3, 0.4) is 0 Å². The fourth-order valence-electron chi connectivity index (χ4n) is 1.88. The lowest BCUT2D eigenvalue weighted by Crippen LogP contribution is -2.37. The number of hydrogen-bond acceptors (Lipinski definition) is 4. The molecule has 0 fully saturated rings. The van der Waals surface area contributed by atoms with E-state index in [0.717, 1.165) is 10.8 Å². The van der Waals surface area contributed by atoms with Crippen LogP contribution in [0.1, 0.15) is 0 Å². The number of benzene rings is 1. The van der Waals surface area contributed by atoms with E-state index in [-0.39, 0.29) is 12.5 Å². The third-order valence-electron chi connectivity index (χ3n) is 2.88. The molecule has 100 valence electrons. The van der Waals surface area contributed by atoms with E-state index in [2.05, 4.69) is 4.74 Å². The predicted octanol–water partition coefficient (Wildman–Crippen LogP) is 1.32. The van der Waals surface area contributed by atoms with Gasteiger partial charge < -0.3 is 14.2 Å². The summed E-state index contributed by atoms with van der Waals surface area (Å²) in [6, 6.07) is 5.69. The molecule has 1 heterocycles. The summed E-state index contributed by atoms with van der Waals surface area (Å²) < 4.78 is 16.9. The number of methoxy groups -OCH3 is 3. The minimum atomic E-state index is -0.287. The van der Waals surface area contributed by atoms with Crippen molar-refractivity contribution < 1.29 is 23.6 Å². The molecule has 0 N–H and O–H groups in total. The van der Waals surface area contributed by atoms with Crippen LogP contribution >= 0.6 is 0 Å². The predicted molar refractivity (Wildman–Crippen MR) is 69.3 cm³/mol. The number of fused-ring (bicyclic) bond motifs is 1. The molecule has 1 aromatic carbocycles. The second-order valence-electron chi connectivity index (χ2n) is 4.03. The molecule has 1 aromatic heterocycles. The molecule has 0 atom stereocenters. The quantitative estimate of drug-likeness (QED) is 0.616. The molecular formula is C14H16NO4+. The van der Waals surface area contributed by atoms with Crippen LogP contribution in [0, 0.1) is 0 Å². The summed E-state index contributed by atoms with van der Waals surface area (Å²) >= 11 is 0. The van der Waals surface area contributed by atoms with Crippen LogP contribution in [0.15, 0.2) is 30.6 Å². The molecule has 5 heteroatoms. The van der Waals surface area contributed by atoms with Crippen LogP contribution in [-0.4, -0.2) is 27.3 Å². The van der Waals surface area contributed by atoms with E-state index in [9.17, 15) is 4.79 Å². The topological polar surface area (TPSA) is 48.6 Å². The normalized spacial score (nSPS) is 10.3. The number of ether oxygens (including phenoxy) is 3. The second-order valence-corrected chi connectivity index (χ2v) is 4.03. The van der Waals surface area contributed by atoms with Gasteiger partial charge in [0.05, 0.1) is 21.3 Å². The highest BCUT2D eigenvalue weighted by atomic mass is 16.5. The molecule has 0 radical (unpaired) electrons. The van der Waals surface area contributed by atoms with E-state index >= 15 is 0 Å². The zero-order valence-corrected chi connectivity index (χ0v) is 11.2. The van der Waals surface area contributed by atoms with Crippen LogP contribution < -0.4 is 14.0 Å². The van der Waals surface area contributed by atoms with Gasteiger partial charge in [-0.25, -0.2) is 4.79 Å². The highest BCUT2D eigenvalue weighted by Gasteiger charge is 2.12. The lowest BCUT2D eigenvalue weighted by Gasteiger charge is -2.08. The van der Waals surface area contributed by atoms with Gasteiger partial charge in [-0.1, -0.05) is 0 Å².